The fourth-order valence-corrected chi connectivity index (χ4v) is 3.47. The Labute approximate surface area is 131 Å². The molecular weight excluding hydrogens is 280 g/mol. The Kier molecular flexibility index (Phi) is 4.80. The molecule has 1 saturated heterocycles. The number of nitrogens with one attached hydrogen (secondary N) is 1. The largest absolute Gasteiger partial charge is 0.459 e. The molecule has 1 aromatic heterocycles. The minimum atomic E-state index is -0.0537. The molecule has 0 radical (unpaired) electrons. The Hall–Kier alpha value is -1.78. The van der Waals surface area contributed by atoms with Crippen LogP contribution in [0, 0.1) is 5.92 Å². The van der Waals surface area contributed by atoms with Gasteiger partial charge in [0.2, 0.25) is 5.91 Å². The molecule has 2 aliphatic rings. The third-order valence-corrected chi connectivity index (χ3v) is 4.84. The maximum Gasteiger partial charge on any atom is 0.289 e. The summed E-state index contributed by atoms with van der Waals surface area (Å²) in [6, 6.07) is 3.62. The first kappa shape index (κ1) is 15.1. The summed E-state index contributed by atoms with van der Waals surface area (Å²) in [7, 11) is 0. The molecule has 0 unspecified atom stereocenters. The molecule has 0 atom stereocenters. The molecule has 0 aromatic carbocycles. The molecule has 2 amide bonds. The van der Waals surface area contributed by atoms with Gasteiger partial charge in [0.15, 0.2) is 5.76 Å². The van der Waals surface area contributed by atoms with E-state index < -0.39 is 0 Å². The van der Waals surface area contributed by atoms with Gasteiger partial charge in [-0.2, -0.15) is 0 Å². The van der Waals surface area contributed by atoms with Gasteiger partial charge in [0.1, 0.15) is 0 Å². The second-order valence-electron chi connectivity index (χ2n) is 6.39. The summed E-state index contributed by atoms with van der Waals surface area (Å²) in [6.07, 6.45) is 8.84. The Bertz CT molecular complexity index is 498. The van der Waals surface area contributed by atoms with Gasteiger partial charge in [-0.25, -0.2) is 0 Å². The van der Waals surface area contributed by atoms with Crippen molar-refractivity contribution in [3.63, 3.8) is 0 Å². The van der Waals surface area contributed by atoms with Gasteiger partial charge in [-0.3, -0.25) is 9.59 Å². The Morgan fingerprint density at radius 1 is 1.09 bits per heavy atom. The predicted octanol–water partition coefficient (Wildman–Crippen LogP) is 2.58. The van der Waals surface area contributed by atoms with E-state index in [0.717, 1.165) is 25.7 Å². The summed E-state index contributed by atoms with van der Waals surface area (Å²) >= 11 is 0. The number of furan rings is 1. The maximum atomic E-state index is 12.3. The number of likely N-dealkylation sites (tertiary alicyclic amines) is 1. The van der Waals surface area contributed by atoms with Crippen molar-refractivity contribution >= 4 is 11.8 Å². The Morgan fingerprint density at radius 2 is 1.82 bits per heavy atom. The van der Waals surface area contributed by atoms with Crippen LogP contribution >= 0.6 is 0 Å². The lowest BCUT2D eigenvalue weighted by Crippen LogP contribution is -2.48. The van der Waals surface area contributed by atoms with E-state index in [1.165, 1.54) is 25.5 Å². The van der Waals surface area contributed by atoms with E-state index in [1.54, 1.807) is 12.1 Å². The quantitative estimate of drug-likeness (QED) is 0.933. The molecule has 1 aliphatic heterocycles. The van der Waals surface area contributed by atoms with E-state index in [4.69, 9.17) is 4.42 Å². The molecule has 22 heavy (non-hydrogen) atoms. The number of hydrogen-bond acceptors (Lipinski definition) is 3. The topological polar surface area (TPSA) is 62.6 Å². The van der Waals surface area contributed by atoms with Crippen LogP contribution < -0.4 is 5.32 Å². The number of carbonyl (C=O) groups is 2. The second-order valence-corrected chi connectivity index (χ2v) is 6.39. The van der Waals surface area contributed by atoms with Crippen LogP contribution in [0.15, 0.2) is 22.8 Å². The first-order chi connectivity index (χ1) is 10.7. The van der Waals surface area contributed by atoms with E-state index >= 15 is 0 Å². The van der Waals surface area contributed by atoms with Crippen LogP contribution in [0.5, 0.6) is 0 Å². The zero-order valence-corrected chi connectivity index (χ0v) is 12.9. The van der Waals surface area contributed by atoms with E-state index in [1.807, 2.05) is 4.90 Å². The molecule has 1 N–H and O–H groups in total. The summed E-state index contributed by atoms with van der Waals surface area (Å²) in [5.74, 6) is 0.763. The van der Waals surface area contributed by atoms with Crippen LogP contribution in [0.3, 0.4) is 0 Å². The summed E-state index contributed by atoms with van der Waals surface area (Å²) < 4.78 is 5.16. The number of rotatable bonds is 3. The van der Waals surface area contributed by atoms with Gasteiger partial charge in [-0.15, -0.1) is 0 Å². The van der Waals surface area contributed by atoms with Crippen molar-refractivity contribution in [3.8, 4) is 0 Å². The summed E-state index contributed by atoms with van der Waals surface area (Å²) in [6.45, 7) is 1.35. The molecular formula is C17H24N2O3. The number of nitrogens with zero attached hydrogens (tertiary/aromatic N) is 1. The van der Waals surface area contributed by atoms with E-state index in [0.29, 0.717) is 18.8 Å². The first-order valence-electron chi connectivity index (χ1n) is 8.37. The average molecular weight is 304 g/mol. The molecule has 0 bridgehead atoms. The second kappa shape index (κ2) is 6.99. The number of hydrogen-bond donors (Lipinski definition) is 1. The smallest absolute Gasteiger partial charge is 0.289 e. The van der Waals surface area contributed by atoms with Crippen molar-refractivity contribution in [1.29, 1.82) is 0 Å². The third-order valence-electron chi connectivity index (χ3n) is 4.84. The van der Waals surface area contributed by atoms with Crippen molar-refractivity contribution in [2.24, 2.45) is 5.92 Å². The molecule has 5 nitrogen and oxygen atoms in total. The van der Waals surface area contributed by atoms with Crippen LogP contribution in [-0.2, 0) is 4.79 Å². The lowest BCUT2D eigenvalue weighted by molar-refractivity contribution is -0.126. The Morgan fingerprint density at radius 3 is 2.45 bits per heavy atom. The van der Waals surface area contributed by atoms with E-state index in [9.17, 15) is 9.59 Å². The molecule has 1 aliphatic carbocycles. The summed E-state index contributed by atoms with van der Waals surface area (Å²) in [4.78, 5) is 26.3. The summed E-state index contributed by atoms with van der Waals surface area (Å²) in [5.41, 5.74) is 0. The molecule has 5 heteroatoms. The monoisotopic (exact) mass is 304 g/mol. The fourth-order valence-electron chi connectivity index (χ4n) is 3.47. The number of carbonyl (C=O) groups excluding carboxylic acids is 2. The van der Waals surface area contributed by atoms with Crippen LogP contribution in [0.1, 0.15) is 55.5 Å². The summed E-state index contributed by atoms with van der Waals surface area (Å²) in [5, 5.41) is 3.18. The van der Waals surface area contributed by atoms with Crippen molar-refractivity contribution in [1.82, 2.24) is 10.2 Å². The van der Waals surface area contributed by atoms with Crippen molar-refractivity contribution in [3.05, 3.63) is 24.2 Å². The van der Waals surface area contributed by atoms with Gasteiger partial charge in [0.05, 0.1) is 6.26 Å². The first-order valence-corrected chi connectivity index (χ1v) is 8.37. The molecule has 120 valence electrons. The maximum absolute atomic E-state index is 12.3. The molecule has 1 aromatic rings. The van der Waals surface area contributed by atoms with Crippen LogP contribution in [0.4, 0.5) is 0 Å². The van der Waals surface area contributed by atoms with Crippen LogP contribution in [-0.4, -0.2) is 35.8 Å². The molecule has 1 saturated carbocycles. The SMILES string of the molecule is O=C(NC1CCN(C(=O)c2ccco2)CC1)C1CCCCC1. The average Bonchev–Trinajstić information content (AvgIpc) is 3.10. The fraction of sp³-hybridized carbons (Fsp3) is 0.647. The van der Waals surface area contributed by atoms with Gasteiger partial charge in [0, 0.05) is 25.0 Å². The van der Waals surface area contributed by atoms with Gasteiger partial charge in [0.25, 0.3) is 5.91 Å². The van der Waals surface area contributed by atoms with Crippen LogP contribution in [0.2, 0.25) is 0 Å². The van der Waals surface area contributed by atoms with Gasteiger partial charge in [-0.05, 0) is 37.8 Å². The van der Waals surface area contributed by atoms with Crippen molar-refractivity contribution < 1.29 is 14.0 Å². The minimum absolute atomic E-state index is 0.0537. The van der Waals surface area contributed by atoms with Crippen molar-refractivity contribution in [2.75, 3.05) is 13.1 Å². The highest BCUT2D eigenvalue weighted by molar-refractivity contribution is 5.91. The third kappa shape index (κ3) is 3.51. The predicted molar refractivity (Wildman–Crippen MR) is 82.4 cm³/mol. The molecule has 0 spiro atoms. The van der Waals surface area contributed by atoms with Gasteiger partial charge in [-0.1, -0.05) is 19.3 Å². The number of piperidine rings is 1. The molecule has 2 fully saturated rings. The van der Waals surface area contributed by atoms with Gasteiger partial charge < -0.3 is 14.6 Å². The molecule has 3 rings (SSSR count). The molecule has 2 heterocycles. The standard InChI is InChI=1S/C17H24N2O3/c20-16(13-5-2-1-3-6-13)18-14-8-10-19(11-9-14)17(21)15-7-4-12-22-15/h4,7,12-14H,1-3,5-6,8-11H2,(H,18,20). The van der Waals surface area contributed by atoms with Crippen molar-refractivity contribution in [2.45, 2.75) is 51.0 Å². The highest BCUT2D eigenvalue weighted by atomic mass is 16.3. The number of amides is 2. The zero-order chi connectivity index (χ0) is 15.4. The van der Waals surface area contributed by atoms with Crippen LogP contribution in [0.25, 0.3) is 0 Å². The van der Waals surface area contributed by atoms with E-state index in [2.05, 4.69) is 5.32 Å². The van der Waals surface area contributed by atoms with E-state index in [-0.39, 0.29) is 23.8 Å². The lowest BCUT2D eigenvalue weighted by Gasteiger charge is -2.33. The Balaban J connectivity index is 1.45. The minimum Gasteiger partial charge on any atom is -0.459 e. The zero-order valence-electron chi connectivity index (χ0n) is 12.9. The lowest BCUT2D eigenvalue weighted by atomic mass is 9.88. The highest BCUT2D eigenvalue weighted by Gasteiger charge is 2.28. The normalized spacial score (nSPS) is 20.8. The van der Waals surface area contributed by atoms with Gasteiger partial charge >= 0.3 is 0 Å². The highest BCUT2D eigenvalue weighted by Crippen LogP contribution is 2.24.